The van der Waals surface area contributed by atoms with Crippen LogP contribution in [0.15, 0.2) is 48.1 Å². The molecule has 3 aromatic rings. The molecule has 0 saturated heterocycles. The zero-order valence-corrected chi connectivity index (χ0v) is 17.4. The third kappa shape index (κ3) is 5.51. The minimum absolute atomic E-state index is 0.0227. The number of esters is 1. The van der Waals surface area contributed by atoms with Gasteiger partial charge in [0.25, 0.3) is 0 Å². The Hall–Kier alpha value is -3.53. The number of amides is 1. The van der Waals surface area contributed by atoms with Crippen molar-refractivity contribution in [2.45, 2.75) is 20.0 Å². The number of benzene rings is 1. The van der Waals surface area contributed by atoms with Crippen LogP contribution in [0.3, 0.4) is 0 Å². The van der Waals surface area contributed by atoms with E-state index >= 15 is 0 Å². The third-order valence-corrected chi connectivity index (χ3v) is 4.81. The molecule has 3 rings (SSSR count). The molecule has 0 saturated carbocycles. The van der Waals surface area contributed by atoms with Gasteiger partial charge in [-0.05, 0) is 18.2 Å². The summed E-state index contributed by atoms with van der Waals surface area (Å²) in [6.45, 7) is 1.84. The number of rotatable bonds is 9. The molecule has 10 heteroatoms. The summed E-state index contributed by atoms with van der Waals surface area (Å²) in [6, 6.07) is 8.91. The van der Waals surface area contributed by atoms with E-state index in [0.717, 1.165) is 0 Å². The van der Waals surface area contributed by atoms with Crippen molar-refractivity contribution < 1.29 is 19.1 Å². The minimum Gasteiger partial charge on any atom is -0.495 e. The summed E-state index contributed by atoms with van der Waals surface area (Å²) < 4.78 is 10.6. The molecule has 156 valence electrons. The molecule has 0 bridgehead atoms. The average molecular weight is 427 g/mol. The van der Waals surface area contributed by atoms with Gasteiger partial charge in [-0.1, -0.05) is 12.1 Å². The summed E-state index contributed by atoms with van der Waals surface area (Å²) in [5.41, 5.74) is 1.16. The standard InChI is InChI=1S/C20H21N5O4S/c1-14(26)25(16-6-3-4-7-17(16)28-2)20-24-15(13-30-20)12-29-18(27)8-11-23-19-21-9-5-10-22-19/h3-7,9-10,13H,8,11-12H2,1-2H3,(H,21,22,23). The molecule has 1 N–H and O–H groups in total. The van der Waals surface area contributed by atoms with Gasteiger partial charge in [-0.3, -0.25) is 14.5 Å². The smallest absolute Gasteiger partial charge is 0.307 e. The molecule has 0 radical (unpaired) electrons. The van der Waals surface area contributed by atoms with Gasteiger partial charge in [0.2, 0.25) is 11.9 Å². The molecule has 0 atom stereocenters. The molecule has 0 aliphatic carbocycles. The van der Waals surface area contributed by atoms with Crippen molar-refractivity contribution in [2.24, 2.45) is 0 Å². The maximum Gasteiger partial charge on any atom is 0.307 e. The molecule has 9 nitrogen and oxygen atoms in total. The Morgan fingerprint density at radius 2 is 1.93 bits per heavy atom. The van der Waals surface area contributed by atoms with Crippen LogP contribution in [-0.2, 0) is 20.9 Å². The summed E-state index contributed by atoms with van der Waals surface area (Å²) in [5.74, 6) is 0.439. The zero-order valence-electron chi connectivity index (χ0n) is 16.6. The van der Waals surface area contributed by atoms with E-state index in [9.17, 15) is 9.59 Å². The number of nitrogens with zero attached hydrogens (tertiary/aromatic N) is 4. The highest BCUT2D eigenvalue weighted by Crippen LogP contribution is 2.35. The highest BCUT2D eigenvalue weighted by Gasteiger charge is 2.21. The van der Waals surface area contributed by atoms with Crippen LogP contribution in [-0.4, -0.2) is 40.5 Å². The van der Waals surface area contributed by atoms with E-state index in [1.165, 1.54) is 23.2 Å². The molecule has 2 aromatic heterocycles. The van der Waals surface area contributed by atoms with Gasteiger partial charge < -0.3 is 14.8 Å². The first-order valence-electron chi connectivity index (χ1n) is 9.13. The Bertz CT molecular complexity index is 996. The second-order valence-corrected chi connectivity index (χ2v) is 6.89. The van der Waals surface area contributed by atoms with Crippen molar-refractivity contribution in [3.8, 4) is 5.75 Å². The van der Waals surface area contributed by atoms with E-state index in [2.05, 4.69) is 20.3 Å². The van der Waals surface area contributed by atoms with Gasteiger partial charge in [0.1, 0.15) is 12.4 Å². The Balaban J connectivity index is 1.57. The molecule has 0 unspecified atom stereocenters. The van der Waals surface area contributed by atoms with Crippen LogP contribution >= 0.6 is 11.3 Å². The fourth-order valence-electron chi connectivity index (χ4n) is 2.58. The summed E-state index contributed by atoms with van der Waals surface area (Å²) in [5, 5.41) is 5.17. The van der Waals surface area contributed by atoms with E-state index < -0.39 is 0 Å². The Labute approximate surface area is 177 Å². The van der Waals surface area contributed by atoms with Gasteiger partial charge in [0.05, 0.1) is 24.9 Å². The normalized spacial score (nSPS) is 10.3. The Kier molecular flexibility index (Phi) is 7.28. The third-order valence-electron chi connectivity index (χ3n) is 3.93. The number of ether oxygens (including phenoxy) is 2. The topological polar surface area (TPSA) is 107 Å². The second kappa shape index (κ2) is 10.3. The van der Waals surface area contributed by atoms with Crippen molar-refractivity contribution >= 4 is 40.0 Å². The molecule has 2 heterocycles. The molecule has 0 aliphatic heterocycles. The lowest BCUT2D eigenvalue weighted by molar-refractivity contribution is -0.144. The van der Waals surface area contributed by atoms with Crippen molar-refractivity contribution in [2.75, 3.05) is 23.9 Å². The second-order valence-electron chi connectivity index (χ2n) is 6.06. The number of hydrogen-bond donors (Lipinski definition) is 1. The highest BCUT2D eigenvalue weighted by molar-refractivity contribution is 7.14. The average Bonchev–Trinajstić information content (AvgIpc) is 3.22. The monoisotopic (exact) mass is 427 g/mol. The number of methoxy groups -OCH3 is 1. The predicted molar refractivity (Wildman–Crippen MR) is 113 cm³/mol. The first-order chi connectivity index (χ1) is 14.6. The van der Waals surface area contributed by atoms with Crippen molar-refractivity contribution in [3.05, 3.63) is 53.8 Å². The molecular formula is C20H21N5O4S. The van der Waals surface area contributed by atoms with Crippen LogP contribution in [0, 0.1) is 0 Å². The number of carbonyl (C=O) groups is 2. The quantitative estimate of drug-likeness (QED) is 0.519. The van der Waals surface area contributed by atoms with E-state index in [4.69, 9.17) is 9.47 Å². The van der Waals surface area contributed by atoms with Gasteiger partial charge in [-0.2, -0.15) is 0 Å². The van der Waals surface area contributed by atoms with Crippen LogP contribution in [0.25, 0.3) is 0 Å². The van der Waals surface area contributed by atoms with Crippen LogP contribution in [0.2, 0.25) is 0 Å². The highest BCUT2D eigenvalue weighted by atomic mass is 32.1. The number of carbonyl (C=O) groups excluding carboxylic acids is 2. The van der Waals surface area contributed by atoms with Crippen molar-refractivity contribution in [1.82, 2.24) is 15.0 Å². The minimum atomic E-state index is -0.374. The zero-order chi connectivity index (χ0) is 21.3. The van der Waals surface area contributed by atoms with Crippen molar-refractivity contribution in [1.29, 1.82) is 0 Å². The molecule has 1 amide bonds. The lowest BCUT2D eigenvalue weighted by Crippen LogP contribution is -2.23. The van der Waals surface area contributed by atoms with E-state index in [0.29, 0.717) is 34.8 Å². The molecular weight excluding hydrogens is 406 g/mol. The molecule has 0 spiro atoms. The Morgan fingerprint density at radius 1 is 1.17 bits per heavy atom. The van der Waals surface area contributed by atoms with Crippen molar-refractivity contribution in [3.63, 3.8) is 0 Å². The van der Waals surface area contributed by atoms with Gasteiger partial charge >= 0.3 is 5.97 Å². The maximum absolute atomic E-state index is 12.3. The van der Waals surface area contributed by atoms with Crippen LogP contribution in [0.4, 0.5) is 16.8 Å². The van der Waals surface area contributed by atoms with Gasteiger partial charge in [0, 0.05) is 31.2 Å². The Morgan fingerprint density at radius 3 is 2.67 bits per heavy atom. The van der Waals surface area contributed by atoms with E-state index in [1.54, 1.807) is 43.1 Å². The SMILES string of the molecule is COc1ccccc1N(C(C)=O)c1nc(COC(=O)CCNc2ncccn2)cs1. The van der Waals surface area contributed by atoms with E-state index in [-0.39, 0.29) is 24.9 Å². The van der Waals surface area contributed by atoms with Gasteiger partial charge in [-0.15, -0.1) is 11.3 Å². The number of thiazole rings is 1. The molecule has 0 aliphatic rings. The first kappa shape index (κ1) is 21.2. The number of para-hydroxylation sites is 2. The molecule has 1 aromatic carbocycles. The summed E-state index contributed by atoms with van der Waals surface area (Å²) in [7, 11) is 1.54. The van der Waals surface area contributed by atoms with Gasteiger partial charge in [-0.25, -0.2) is 15.0 Å². The lowest BCUT2D eigenvalue weighted by atomic mass is 10.2. The molecule has 30 heavy (non-hydrogen) atoms. The fraction of sp³-hybridized carbons (Fsp3) is 0.250. The lowest BCUT2D eigenvalue weighted by Gasteiger charge is -2.20. The summed E-state index contributed by atoms with van der Waals surface area (Å²) >= 11 is 1.29. The fourth-order valence-corrected chi connectivity index (χ4v) is 3.44. The number of anilines is 3. The van der Waals surface area contributed by atoms with Crippen LogP contribution < -0.4 is 15.0 Å². The number of nitrogens with one attached hydrogen (secondary N) is 1. The molecule has 0 fully saturated rings. The predicted octanol–water partition coefficient (Wildman–Crippen LogP) is 3.17. The largest absolute Gasteiger partial charge is 0.495 e. The number of hydrogen-bond acceptors (Lipinski definition) is 9. The van der Waals surface area contributed by atoms with Crippen LogP contribution in [0.5, 0.6) is 5.75 Å². The van der Waals surface area contributed by atoms with E-state index in [1.807, 2.05) is 12.1 Å². The van der Waals surface area contributed by atoms with Crippen LogP contribution in [0.1, 0.15) is 19.0 Å². The number of aromatic nitrogens is 3. The summed E-state index contributed by atoms with van der Waals surface area (Å²) in [4.78, 5) is 38.2. The maximum atomic E-state index is 12.3. The summed E-state index contributed by atoms with van der Waals surface area (Å²) in [6.07, 6.45) is 3.39. The first-order valence-corrected chi connectivity index (χ1v) is 10.0. The van der Waals surface area contributed by atoms with Gasteiger partial charge in [0.15, 0.2) is 5.13 Å².